The number of carbonyl (C=O) groups is 1. The summed E-state index contributed by atoms with van der Waals surface area (Å²) in [7, 11) is 0. The van der Waals surface area contributed by atoms with Gasteiger partial charge >= 0.3 is 0 Å². The van der Waals surface area contributed by atoms with Crippen LogP contribution < -0.4 is 4.90 Å². The summed E-state index contributed by atoms with van der Waals surface area (Å²) < 4.78 is 0. The molecule has 1 aromatic rings. The number of hydrogen-bond acceptors (Lipinski definition) is 2. The molecule has 0 fully saturated rings. The van der Waals surface area contributed by atoms with Crippen LogP contribution in [0.3, 0.4) is 0 Å². The van der Waals surface area contributed by atoms with E-state index in [1.807, 2.05) is 6.92 Å². The van der Waals surface area contributed by atoms with Crippen molar-refractivity contribution in [1.82, 2.24) is 0 Å². The maximum Gasteiger partial charge on any atom is 0.150 e. The van der Waals surface area contributed by atoms with Gasteiger partial charge in [0.15, 0.2) is 0 Å². The van der Waals surface area contributed by atoms with Crippen LogP contribution in [0, 0.1) is 6.92 Å². The number of fused-ring (bicyclic) bond motifs is 1. The fourth-order valence-corrected chi connectivity index (χ4v) is 3.42. The van der Waals surface area contributed by atoms with Gasteiger partial charge in [-0.25, -0.2) is 0 Å². The molecule has 1 heterocycles. The third-order valence-electron chi connectivity index (χ3n) is 4.35. The van der Waals surface area contributed by atoms with Gasteiger partial charge in [0, 0.05) is 23.3 Å². The molecule has 1 aliphatic rings. The molecule has 0 radical (unpaired) electrons. The third-order valence-corrected chi connectivity index (χ3v) is 4.35. The molecule has 0 bridgehead atoms. The molecule has 0 saturated heterocycles. The lowest BCUT2D eigenvalue weighted by Gasteiger charge is -2.48. The van der Waals surface area contributed by atoms with Gasteiger partial charge in [-0.2, -0.15) is 0 Å². The molecule has 0 amide bonds. The number of carbonyl (C=O) groups excluding carboxylic acids is 1. The van der Waals surface area contributed by atoms with E-state index in [9.17, 15) is 4.79 Å². The predicted octanol–water partition coefficient (Wildman–Crippen LogP) is 4.31. The molecule has 1 aromatic carbocycles. The Balaban J connectivity index is 2.58. The number of anilines is 1. The molecule has 104 valence electrons. The Kier molecular flexibility index (Phi) is 3.71. The van der Waals surface area contributed by atoms with Gasteiger partial charge in [0.2, 0.25) is 0 Å². The number of aryl methyl sites for hydroxylation is 1. The Morgan fingerprint density at radius 2 is 2.11 bits per heavy atom. The van der Waals surface area contributed by atoms with Crippen molar-refractivity contribution in [3.63, 3.8) is 0 Å². The first kappa shape index (κ1) is 14.1. The average molecular weight is 259 g/mol. The Hall–Kier alpha value is -1.31. The third kappa shape index (κ3) is 2.41. The van der Waals surface area contributed by atoms with Crippen LogP contribution in [0.5, 0.6) is 0 Å². The highest BCUT2D eigenvalue weighted by atomic mass is 16.1. The second-order valence-corrected chi connectivity index (χ2v) is 6.45. The molecule has 2 heteroatoms. The summed E-state index contributed by atoms with van der Waals surface area (Å²) in [6.45, 7) is 12.2. The van der Waals surface area contributed by atoms with E-state index in [1.165, 1.54) is 11.3 Å². The highest BCUT2D eigenvalue weighted by Gasteiger charge is 2.36. The van der Waals surface area contributed by atoms with Crippen molar-refractivity contribution in [2.75, 3.05) is 11.4 Å². The molecule has 0 aromatic heterocycles. The molecule has 19 heavy (non-hydrogen) atoms. The molecule has 0 aliphatic carbocycles. The van der Waals surface area contributed by atoms with E-state index in [0.717, 1.165) is 36.8 Å². The Morgan fingerprint density at radius 3 is 2.68 bits per heavy atom. The fraction of sp³-hybridized carbons (Fsp3) is 0.588. The molecule has 2 rings (SSSR count). The first-order valence-corrected chi connectivity index (χ1v) is 7.28. The van der Waals surface area contributed by atoms with Crippen LogP contribution >= 0.6 is 0 Å². The molecule has 0 saturated carbocycles. The highest BCUT2D eigenvalue weighted by Crippen LogP contribution is 2.44. The minimum absolute atomic E-state index is 0.192. The van der Waals surface area contributed by atoms with Crippen molar-refractivity contribution in [2.45, 2.75) is 58.9 Å². The largest absolute Gasteiger partial charge is 0.366 e. The van der Waals surface area contributed by atoms with Gasteiger partial charge < -0.3 is 4.90 Å². The summed E-state index contributed by atoms with van der Waals surface area (Å²) in [4.78, 5) is 13.7. The van der Waals surface area contributed by atoms with E-state index in [4.69, 9.17) is 0 Å². The normalized spacial score (nSPS) is 21.1. The lowest BCUT2D eigenvalue weighted by Crippen LogP contribution is -2.48. The quantitative estimate of drug-likeness (QED) is 0.754. The van der Waals surface area contributed by atoms with E-state index in [-0.39, 0.29) is 5.54 Å². The Labute approximate surface area is 116 Å². The Morgan fingerprint density at radius 1 is 1.42 bits per heavy atom. The monoisotopic (exact) mass is 259 g/mol. The van der Waals surface area contributed by atoms with Crippen LogP contribution in [0.1, 0.15) is 67.9 Å². The van der Waals surface area contributed by atoms with Crippen molar-refractivity contribution < 1.29 is 4.79 Å². The SMILES string of the molecule is CCCN1c2cc(C)c(C=O)cc2C(C)CC1(C)C. The number of hydrogen-bond donors (Lipinski definition) is 0. The zero-order valence-corrected chi connectivity index (χ0v) is 12.8. The van der Waals surface area contributed by atoms with Gasteiger partial charge in [0.05, 0.1) is 0 Å². The summed E-state index contributed by atoms with van der Waals surface area (Å²) in [5, 5.41) is 0. The summed E-state index contributed by atoms with van der Waals surface area (Å²) in [6.07, 6.45) is 3.26. The zero-order valence-electron chi connectivity index (χ0n) is 12.8. The number of aldehydes is 1. The lowest BCUT2D eigenvalue weighted by atomic mass is 9.79. The van der Waals surface area contributed by atoms with Gasteiger partial charge in [-0.1, -0.05) is 13.8 Å². The van der Waals surface area contributed by atoms with Crippen molar-refractivity contribution in [1.29, 1.82) is 0 Å². The van der Waals surface area contributed by atoms with Crippen LogP contribution in [0.15, 0.2) is 12.1 Å². The van der Waals surface area contributed by atoms with Gasteiger partial charge in [-0.05, 0) is 62.8 Å². The van der Waals surface area contributed by atoms with Crippen LogP contribution in [-0.4, -0.2) is 18.4 Å². The number of rotatable bonds is 3. The first-order chi connectivity index (χ1) is 8.90. The van der Waals surface area contributed by atoms with Gasteiger partial charge in [-0.15, -0.1) is 0 Å². The van der Waals surface area contributed by atoms with Crippen molar-refractivity contribution >= 4 is 12.0 Å². The second kappa shape index (κ2) is 4.99. The number of benzene rings is 1. The van der Waals surface area contributed by atoms with Crippen LogP contribution in [-0.2, 0) is 0 Å². The van der Waals surface area contributed by atoms with E-state index in [1.54, 1.807) is 0 Å². The maximum absolute atomic E-state index is 11.1. The molecule has 1 aliphatic heterocycles. The van der Waals surface area contributed by atoms with Crippen molar-refractivity contribution in [3.05, 3.63) is 28.8 Å². The zero-order chi connectivity index (χ0) is 14.2. The smallest absolute Gasteiger partial charge is 0.150 e. The Bertz CT molecular complexity index is 490. The summed E-state index contributed by atoms with van der Waals surface area (Å²) >= 11 is 0. The molecule has 1 unspecified atom stereocenters. The predicted molar refractivity (Wildman–Crippen MR) is 81.3 cm³/mol. The topological polar surface area (TPSA) is 20.3 Å². The summed E-state index contributed by atoms with van der Waals surface area (Å²) in [5.41, 5.74) is 4.77. The average Bonchev–Trinajstić information content (AvgIpc) is 2.33. The standard InChI is InChI=1S/C17H25NO/c1-6-7-18-16-8-12(2)14(11-19)9-15(16)13(3)10-17(18,4)5/h8-9,11,13H,6-7,10H2,1-5H3. The first-order valence-electron chi connectivity index (χ1n) is 7.28. The minimum Gasteiger partial charge on any atom is -0.366 e. The maximum atomic E-state index is 11.1. The van der Waals surface area contributed by atoms with E-state index < -0.39 is 0 Å². The van der Waals surface area contributed by atoms with Crippen LogP contribution in [0.2, 0.25) is 0 Å². The number of nitrogens with zero attached hydrogens (tertiary/aromatic N) is 1. The van der Waals surface area contributed by atoms with E-state index in [0.29, 0.717) is 5.92 Å². The van der Waals surface area contributed by atoms with Crippen LogP contribution in [0.4, 0.5) is 5.69 Å². The highest BCUT2D eigenvalue weighted by molar-refractivity contribution is 5.80. The lowest BCUT2D eigenvalue weighted by molar-refractivity contribution is 0.112. The van der Waals surface area contributed by atoms with Crippen molar-refractivity contribution in [2.24, 2.45) is 0 Å². The summed E-state index contributed by atoms with van der Waals surface area (Å²) in [6, 6.07) is 4.30. The molecule has 2 nitrogen and oxygen atoms in total. The van der Waals surface area contributed by atoms with Crippen LogP contribution in [0.25, 0.3) is 0 Å². The minimum atomic E-state index is 0.192. The fourth-order valence-electron chi connectivity index (χ4n) is 3.42. The molecular weight excluding hydrogens is 234 g/mol. The van der Waals surface area contributed by atoms with Gasteiger partial charge in [-0.3, -0.25) is 4.79 Å². The molecule has 0 spiro atoms. The van der Waals surface area contributed by atoms with E-state index in [2.05, 4.69) is 44.7 Å². The summed E-state index contributed by atoms with van der Waals surface area (Å²) in [5.74, 6) is 0.511. The van der Waals surface area contributed by atoms with E-state index >= 15 is 0 Å². The molecule has 1 atom stereocenters. The molecular formula is C17H25NO. The van der Waals surface area contributed by atoms with Gasteiger partial charge in [0.1, 0.15) is 6.29 Å². The van der Waals surface area contributed by atoms with Crippen molar-refractivity contribution in [3.8, 4) is 0 Å². The van der Waals surface area contributed by atoms with Gasteiger partial charge in [0.25, 0.3) is 0 Å². The molecule has 0 N–H and O–H groups in total. The second-order valence-electron chi connectivity index (χ2n) is 6.45.